The molecule has 0 amide bonds. The van der Waals surface area contributed by atoms with Crippen LogP contribution in [0, 0.1) is 0 Å². The second-order valence-electron chi connectivity index (χ2n) is 5.17. The molecule has 1 aliphatic carbocycles. The molecule has 17 heavy (non-hydrogen) atoms. The van der Waals surface area contributed by atoms with E-state index in [0.29, 0.717) is 12.1 Å². The molecular weight excluding hydrogens is 214 g/mol. The Morgan fingerprint density at radius 2 is 2.41 bits per heavy atom. The van der Waals surface area contributed by atoms with Gasteiger partial charge >= 0.3 is 0 Å². The minimum Gasteiger partial charge on any atom is -0.381 e. The zero-order chi connectivity index (χ0) is 12.3. The number of imidazole rings is 1. The summed E-state index contributed by atoms with van der Waals surface area (Å²) in [5, 5.41) is 0. The summed E-state index contributed by atoms with van der Waals surface area (Å²) in [6.45, 7) is 2.01. The molecule has 0 aromatic carbocycles. The van der Waals surface area contributed by atoms with E-state index in [-0.39, 0.29) is 6.04 Å². The number of nitrogens with two attached hydrogens (primary N) is 1. The molecule has 4 nitrogen and oxygen atoms in total. The Morgan fingerprint density at radius 3 is 3.12 bits per heavy atom. The topological polar surface area (TPSA) is 53.1 Å². The maximum atomic E-state index is 5.79. The highest BCUT2D eigenvalue weighted by Crippen LogP contribution is 2.29. The molecule has 3 atom stereocenters. The summed E-state index contributed by atoms with van der Waals surface area (Å²) in [5.74, 6) is 0. The van der Waals surface area contributed by atoms with Crippen LogP contribution in [0.25, 0.3) is 0 Å². The van der Waals surface area contributed by atoms with Gasteiger partial charge in [0.2, 0.25) is 0 Å². The van der Waals surface area contributed by atoms with Crippen molar-refractivity contribution in [3.8, 4) is 0 Å². The van der Waals surface area contributed by atoms with Gasteiger partial charge in [0, 0.05) is 31.8 Å². The molecule has 4 heteroatoms. The van der Waals surface area contributed by atoms with E-state index in [4.69, 9.17) is 10.5 Å². The standard InChI is InChI=1S/C13H23N3O/c1-10(14)6-11-8-16(9-15-11)12-4-3-5-13(7-12)17-2/h8-10,12-13H,3-7,14H2,1-2H3. The van der Waals surface area contributed by atoms with E-state index in [1.54, 1.807) is 0 Å². The van der Waals surface area contributed by atoms with Gasteiger partial charge in [0.05, 0.1) is 18.1 Å². The highest BCUT2D eigenvalue weighted by Gasteiger charge is 2.22. The summed E-state index contributed by atoms with van der Waals surface area (Å²) in [4.78, 5) is 4.42. The number of nitrogens with zero attached hydrogens (tertiary/aromatic N) is 2. The molecule has 3 unspecified atom stereocenters. The fraction of sp³-hybridized carbons (Fsp3) is 0.769. The number of aromatic nitrogens is 2. The minimum atomic E-state index is 0.177. The van der Waals surface area contributed by atoms with E-state index < -0.39 is 0 Å². The Hall–Kier alpha value is -0.870. The summed E-state index contributed by atoms with van der Waals surface area (Å²) in [6, 6.07) is 0.722. The van der Waals surface area contributed by atoms with Crippen molar-refractivity contribution in [1.82, 2.24) is 9.55 Å². The highest BCUT2D eigenvalue weighted by atomic mass is 16.5. The van der Waals surface area contributed by atoms with Crippen molar-refractivity contribution >= 4 is 0 Å². The molecule has 2 N–H and O–H groups in total. The van der Waals surface area contributed by atoms with E-state index in [1.807, 2.05) is 20.4 Å². The van der Waals surface area contributed by atoms with Crippen LogP contribution >= 0.6 is 0 Å². The van der Waals surface area contributed by atoms with Crippen LogP contribution in [0.5, 0.6) is 0 Å². The molecular formula is C13H23N3O. The van der Waals surface area contributed by atoms with Crippen LogP contribution in [0.3, 0.4) is 0 Å². The molecule has 2 rings (SSSR count). The van der Waals surface area contributed by atoms with E-state index in [2.05, 4.69) is 15.7 Å². The van der Waals surface area contributed by atoms with Crippen molar-refractivity contribution in [2.75, 3.05) is 7.11 Å². The Kier molecular flexibility index (Phi) is 4.18. The Labute approximate surface area is 103 Å². The summed E-state index contributed by atoms with van der Waals surface area (Å²) in [5.41, 5.74) is 6.88. The average Bonchev–Trinajstić information content (AvgIpc) is 2.77. The fourth-order valence-corrected chi connectivity index (χ4v) is 2.62. The molecule has 1 aliphatic rings. The van der Waals surface area contributed by atoms with Gasteiger partial charge in [-0.3, -0.25) is 0 Å². The Morgan fingerprint density at radius 1 is 1.59 bits per heavy atom. The second-order valence-corrected chi connectivity index (χ2v) is 5.17. The molecule has 1 saturated carbocycles. The van der Waals surface area contributed by atoms with Gasteiger partial charge in [0.1, 0.15) is 0 Å². The third-order valence-electron chi connectivity index (χ3n) is 3.54. The summed E-state index contributed by atoms with van der Waals surface area (Å²) < 4.78 is 7.70. The van der Waals surface area contributed by atoms with Gasteiger partial charge in [-0.25, -0.2) is 4.98 Å². The predicted molar refractivity (Wildman–Crippen MR) is 67.9 cm³/mol. The molecule has 0 spiro atoms. The van der Waals surface area contributed by atoms with Crippen LogP contribution in [-0.2, 0) is 11.2 Å². The van der Waals surface area contributed by atoms with Gasteiger partial charge < -0.3 is 15.0 Å². The van der Waals surface area contributed by atoms with E-state index in [9.17, 15) is 0 Å². The molecule has 1 aromatic rings. The van der Waals surface area contributed by atoms with Crippen molar-refractivity contribution in [3.05, 3.63) is 18.2 Å². The van der Waals surface area contributed by atoms with Crippen molar-refractivity contribution in [1.29, 1.82) is 0 Å². The number of ether oxygens (including phenoxy) is 1. The van der Waals surface area contributed by atoms with E-state index in [0.717, 1.165) is 18.5 Å². The normalized spacial score (nSPS) is 27.0. The van der Waals surface area contributed by atoms with Gasteiger partial charge in [-0.05, 0) is 32.6 Å². The monoisotopic (exact) mass is 237 g/mol. The lowest BCUT2D eigenvalue weighted by molar-refractivity contribution is 0.0530. The first kappa shape index (κ1) is 12.6. The Bertz CT molecular complexity index is 348. The quantitative estimate of drug-likeness (QED) is 0.870. The summed E-state index contributed by atoms with van der Waals surface area (Å²) in [7, 11) is 1.81. The van der Waals surface area contributed by atoms with Crippen molar-refractivity contribution in [2.24, 2.45) is 5.73 Å². The molecule has 0 saturated heterocycles. The first-order valence-corrected chi connectivity index (χ1v) is 6.49. The third kappa shape index (κ3) is 3.30. The van der Waals surface area contributed by atoms with Gasteiger partial charge in [-0.2, -0.15) is 0 Å². The third-order valence-corrected chi connectivity index (χ3v) is 3.54. The predicted octanol–water partition coefficient (Wildman–Crippen LogP) is 1.90. The van der Waals surface area contributed by atoms with Crippen LogP contribution < -0.4 is 5.73 Å². The first-order valence-electron chi connectivity index (χ1n) is 6.49. The number of methoxy groups -OCH3 is 1. The van der Waals surface area contributed by atoms with Gasteiger partial charge in [-0.15, -0.1) is 0 Å². The SMILES string of the molecule is COC1CCCC(n2cnc(CC(C)N)c2)C1. The molecule has 0 bridgehead atoms. The Balaban J connectivity index is 1.99. The fourth-order valence-electron chi connectivity index (χ4n) is 2.62. The second kappa shape index (κ2) is 5.65. The zero-order valence-electron chi connectivity index (χ0n) is 10.8. The number of rotatable bonds is 4. The molecule has 1 fully saturated rings. The van der Waals surface area contributed by atoms with Crippen LogP contribution in [0.2, 0.25) is 0 Å². The van der Waals surface area contributed by atoms with Crippen LogP contribution in [-0.4, -0.2) is 28.8 Å². The largest absolute Gasteiger partial charge is 0.381 e. The van der Waals surface area contributed by atoms with Crippen LogP contribution in [0.4, 0.5) is 0 Å². The van der Waals surface area contributed by atoms with Gasteiger partial charge in [-0.1, -0.05) is 0 Å². The summed E-state index contributed by atoms with van der Waals surface area (Å²) >= 11 is 0. The van der Waals surface area contributed by atoms with E-state index in [1.165, 1.54) is 19.3 Å². The molecule has 96 valence electrons. The lowest BCUT2D eigenvalue weighted by Crippen LogP contribution is -2.23. The lowest BCUT2D eigenvalue weighted by Gasteiger charge is -2.28. The van der Waals surface area contributed by atoms with Crippen LogP contribution in [0.1, 0.15) is 44.3 Å². The molecule has 0 radical (unpaired) electrons. The van der Waals surface area contributed by atoms with Crippen molar-refractivity contribution in [3.63, 3.8) is 0 Å². The van der Waals surface area contributed by atoms with E-state index >= 15 is 0 Å². The number of hydrogen-bond donors (Lipinski definition) is 1. The molecule has 0 aliphatic heterocycles. The van der Waals surface area contributed by atoms with Crippen LogP contribution in [0.15, 0.2) is 12.5 Å². The summed E-state index contributed by atoms with van der Waals surface area (Å²) in [6.07, 6.45) is 10.1. The smallest absolute Gasteiger partial charge is 0.0952 e. The van der Waals surface area contributed by atoms with Gasteiger partial charge in [0.15, 0.2) is 0 Å². The first-order chi connectivity index (χ1) is 8.19. The zero-order valence-corrected chi connectivity index (χ0v) is 10.8. The maximum absolute atomic E-state index is 5.79. The molecule has 1 aromatic heterocycles. The highest BCUT2D eigenvalue weighted by molar-refractivity contribution is 5.00. The molecule has 1 heterocycles. The number of hydrogen-bond acceptors (Lipinski definition) is 3. The van der Waals surface area contributed by atoms with Gasteiger partial charge in [0.25, 0.3) is 0 Å². The van der Waals surface area contributed by atoms with Crippen molar-refractivity contribution < 1.29 is 4.74 Å². The lowest BCUT2D eigenvalue weighted by atomic mass is 9.93. The average molecular weight is 237 g/mol. The van der Waals surface area contributed by atoms with Crippen molar-refractivity contribution in [2.45, 2.75) is 57.2 Å². The maximum Gasteiger partial charge on any atom is 0.0952 e. The minimum absolute atomic E-state index is 0.177.